The fraction of sp³-hybridized carbons (Fsp3) is 0.350. The molecule has 140 valence electrons. The van der Waals surface area contributed by atoms with E-state index >= 15 is 0 Å². The fourth-order valence-corrected chi connectivity index (χ4v) is 2.96. The molecular formula is C20H24ClFN2O2. The van der Waals surface area contributed by atoms with Crippen molar-refractivity contribution < 1.29 is 13.9 Å². The van der Waals surface area contributed by atoms with Gasteiger partial charge in [-0.15, -0.1) is 12.4 Å². The topological polar surface area (TPSA) is 50.4 Å². The lowest BCUT2D eigenvalue weighted by molar-refractivity contribution is -0.116. The Morgan fingerprint density at radius 1 is 1.27 bits per heavy atom. The molecule has 0 atom stereocenters. The largest absolute Gasteiger partial charge is 0.493 e. The molecule has 0 saturated carbocycles. The summed E-state index contributed by atoms with van der Waals surface area (Å²) in [6, 6.07) is 9.45. The van der Waals surface area contributed by atoms with Gasteiger partial charge >= 0.3 is 0 Å². The zero-order chi connectivity index (χ0) is 17.8. The molecule has 1 aliphatic heterocycles. The van der Waals surface area contributed by atoms with E-state index in [1.807, 2.05) is 38.1 Å². The molecule has 2 aromatic rings. The third-order valence-corrected chi connectivity index (χ3v) is 4.41. The van der Waals surface area contributed by atoms with Crippen LogP contribution >= 0.6 is 12.4 Å². The number of halogens is 2. The first-order valence-electron chi connectivity index (χ1n) is 8.55. The number of aryl methyl sites for hydroxylation is 2. The van der Waals surface area contributed by atoms with Crippen LogP contribution in [0.3, 0.4) is 0 Å². The Morgan fingerprint density at radius 3 is 2.88 bits per heavy atom. The highest BCUT2D eigenvalue weighted by molar-refractivity contribution is 5.91. The Labute approximate surface area is 159 Å². The summed E-state index contributed by atoms with van der Waals surface area (Å²) in [4.78, 5) is 12.1. The van der Waals surface area contributed by atoms with E-state index in [9.17, 15) is 9.18 Å². The standard InChI is InChI=1S/C20H23FN2O2.ClH/c1-13-3-4-14(2)18(11-13)25-10-8-19(24)23-17-6-5-15-12-22-9-7-16(15)20(17)21;/h3-6,11,22H,7-10,12H2,1-2H3,(H,23,24);1H. The van der Waals surface area contributed by atoms with E-state index in [1.165, 1.54) is 0 Å². The summed E-state index contributed by atoms with van der Waals surface area (Å²) in [6.45, 7) is 5.64. The first-order chi connectivity index (χ1) is 12.0. The Hall–Kier alpha value is -2.11. The molecule has 1 amide bonds. The number of fused-ring (bicyclic) bond motifs is 1. The summed E-state index contributed by atoms with van der Waals surface area (Å²) in [5.41, 5.74) is 4.04. The molecule has 0 bridgehead atoms. The second kappa shape index (κ2) is 9.01. The molecule has 0 fully saturated rings. The van der Waals surface area contributed by atoms with E-state index in [0.29, 0.717) is 18.5 Å². The molecule has 0 radical (unpaired) electrons. The minimum Gasteiger partial charge on any atom is -0.493 e. The number of hydrogen-bond acceptors (Lipinski definition) is 3. The first-order valence-corrected chi connectivity index (χ1v) is 8.55. The molecule has 2 aromatic carbocycles. The molecule has 2 N–H and O–H groups in total. The Bertz CT molecular complexity index is 796. The van der Waals surface area contributed by atoms with E-state index in [2.05, 4.69) is 10.6 Å². The Balaban J connectivity index is 0.00000243. The SMILES string of the molecule is Cc1ccc(C)c(OCCC(=O)Nc2ccc3c(c2F)CCNC3)c1.Cl. The minimum absolute atomic E-state index is 0. The van der Waals surface area contributed by atoms with E-state index in [-0.39, 0.29) is 42.8 Å². The third kappa shape index (κ3) is 4.74. The molecular weight excluding hydrogens is 355 g/mol. The van der Waals surface area contributed by atoms with Crippen molar-refractivity contribution in [2.45, 2.75) is 33.2 Å². The van der Waals surface area contributed by atoms with Crippen LogP contribution in [0.1, 0.15) is 28.7 Å². The van der Waals surface area contributed by atoms with Gasteiger partial charge in [0.05, 0.1) is 18.7 Å². The van der Waals surface area contributed by atoms with Crippen molar-refractivity contribution in [3.63, 3.8) is 0 Å². The van der Waals surface area contributed by atoms with Gasteiger partial charge in [0.1, 0.15) is 11.6 Å². The van der Waals surface area contributed by atoms with Gasteiger partial charge in [-0.3, -0.25) is 4.79 Å². The zero-order valence-corrected chi connectivity index (χ0v) is 15.8. The first kappa shape index (κ1) is 20.2. The van der Waals surface area contributed by atoms with Gasteiger partial charge < -0.3 is 15.4 Å². The van der Waals surface area contributed by atoms with Crippen LogP contribution in [-0.2, 0) is 17.8 Å². The van der Waals surface area contributed by atoms with Crippen molar-refractivity contribution in [2.24, 2.45) is 0 Å². The highest BCUT2D eigenvalue weighted by atomic mass is 35.5. The number of anilines is 1. The highest BCUT2D eigenvalue weighted by Crippen LogP contribution is 2.24. The van der Waals surface area contributed by atoms with Crippen LogP contribution in [0.25, 0.3) is 0 Å². The van der Waals surface area contributed by atoms with Crippen molar-refractivity contribution in [3.05, 3.63) is 58.4 Å². The predicted octanol–water partition coefficient (Wildman–Crippen LogP) is 3.92. The normalized spacial score (nSPS) is 12.7. The Kier molecular flexibility index (Phi) is 7.00. The fourth-order valence-electron chi connectivity index (χ4n) is 2.96. The van der Waals surface area contributed by atoms with Crippen LogP contribution in [-0.4, -0.2) is 19.1 Å². The summed E-state index contributed by atoms with van der Waals surface area (Å²) in [7, 11) is 0. The highest BCUT2D eigenvalue weighted by Gasteiger charge is 2.17. The van der Waals surface area contributed by atoms with Crippen molar-refractivity contribution in [3.8, 4) is 5.75 Å². The number of nitrogens with one attached hydrogen (secondary N) is 2. The van der Waals surface area contributed by atoms with Gasteiger partial charge in [0, 0.05) is 6.54 Å². The summed E-state index contributed by atoms with van der Waals surface area (Å²) >= 11 is 0. The average molecular weight is 379 g/mol. The zero-order valence-electron chi connectivity index (χ0n) is 15.0. The van der Waals surface area contributed by atoms with Gasteiger partial charge in [0.25, 0.3) is 0 Å². The third-order valence-electron chi connectivity index (χ3n) is 4.41. The Morgan fingerprint density at radius 2 is 2.08 bits per heavy atom. The van der Waals surface area contributed by atoms with E-state index in [4.69, 9.17) is 4.74 Å². The lowest BCUT2D eigenvalue weighted by atomic mass is 9.99. The minimum atomic E-state index is -0.317. The molecule has 6 heteroatoms. The molecule has 0 aliphatic carbocycles. The maximum absolute atomic E-state index is 14.5. The number of benzene rings is 2. The smallest absolute Gasteiger partial charge is 0.227 e. The van der Waals surface area contributed by atoms with Crippen LogP contribution in [0.5, 0.6) is 5.75 Å². The maximum Gasteiger partial charge on any atom is 0.227 e. The molecule has 1 heterocycles. The summed E-state index contributed by atoms with van der Waals surface area (Å²) in [6.07, 6.45) is 0.812. The van der Waals surface area contributed by atoms with Crippen molar-refractivity contribution in [2.75, 3.05) is 18.5 Å². The van der Waals surface area contributed by atoms with E-state index in [1.54, 1.807) is 6.07 Å². The monoisotopic (exact) mass is 378 g/mol. The molecule has 26 heavy (non-hydrogen) atoms. The quantitative estimate of drug-likeness (QED) is 0.829. The summed E-state index contributed by atoms with van der Waals surface area (Å²) < 4.78 is 20.2. The van der Waals surface area contributed by atoms with E-state index in [0.717, 1.165) is 29.0 Å². The molecule has 4 nitrogen and oxygen atoms in total. The number of carbonyl (C=O) groups is 1. The number of amides is 1. The van der Waals surface area contributed by atoms with E-state index < -0.39 is 0 Å². The second-order valence-electron chi connectivity index (χ2n) is 6.41. The molecule has 0 unspecified atom stereocenters. The summed E-state index contributed by atoms with van der Waals surface area (Å²) in [5, 5.41) is 5.87. The molecule has 3 rings (SSSR count). The number of ether oxygens (including phenoxy) is 1. The van der Waals surface area contributed by atoms with Gasteiger partial charge in [-0.05, 0) is 61.2 Å². The van der Waals surface area contributed by atoms with Crippen LogP contribution in [0, 0.1) is 19.7 Å². The predicted molar refractivity (Wildman–Crippen MR) is 104 cm³/mol. The van der Waals surface area contributed by atoms with Crippen molar-refractivity contribution in [1.29, 1.82) is 0 Å². The van der Waals surface area contributed by atoms with Crippen molar-refractivity contribution in [1.82, 2.24) is 5.32 Å². The van der Waals surface area contributed by atoms with Gasteiger partial charge in [0.2, 0.25) is 5.91 Å². The lowest BCUT2D eigenvalue weighted by Crippen LogP contribution is -2.25. The van der Waals surface area contributed by atoms with Crippen LogP contribution in [0.15, 0.2) is 30.3 Å². The average Bonchev–Trinajstić information content (AvgIpc) is 2.61. The second-order valence-corrected chi connectivity index (χ2v) is 6.41. The number of hydrogen-bond donors (Lipinski definition) is 2. The van der Waals surface area contributed by atoms with Gasteiger partial charge in [0.15, 0.2) is 0 Å². The molecule has 0 spiro atoms. The lowest BCUT2D eigenvalue weighted by Gasteiger charge is -2.19. The van der Waals surface area contributed by atoms with Gasteiger partial charge in [-0.1, -0.05) is 18.2 Å². The number of rotatable bonds is 5. The molecule has 0 aromatic heterocycles. The molecule has 0 saturated heterocycles. The van der Waals surface area contributed by atoms with Crippen LogP contribution < -0.4 is 15.4 Å². The van der Waals surface area contributed by atoms with Crippen LogP contribution in [0.4, 0.5) is 10.1 Å². The van der Waals surface area contributed by atoms with Gasteiger partial charge in [-0.25, -0.2) is 4.39 Å². The van der Waals surface area contributed by atoms with Crippen LogP contribution in [0.2, 0.25) is 0 Å². The number of carbonyl (C=O) groups excluding carboxylic acids is 1. The molecule has 1 aliphatic rings. The van der Waals surface area contributed by atoms with Crippen molar-refractivity contribution >= 4 is 24.0 Å². The summed E-state index contributed by atoms with van der Waals surface area (Å²) in [5.74, 6) is 0.209. The van der Waals surface area contributed by atoms with Gasteiger partial charge in [-0.2, -0.15) is 0 Å². The maximum atomic E-state index is 14.5.